The van der Waals surface area contributed by atoms with Gasteiger partial charge in [-0.3, -0.25) is 0 Å². The van der Waals surface area contributed by atoms with Gasteiger partial charge in [0.15, 0.2) is 0 Å². The molecule has 0 radical (unpaired) electrons. The molecule has 2 rings (SSSR count). The van der Waals surface area contributed by atoms with Gasteiger partial charge in [0.1, 0.15) is 0 Å². The van der Waals surface area contributed by atoms with Crippen molar-refractivity contribution in [2.45, 2.75) is 30.6 Å². The van der Waals surface area contributed by atoms with Crippen LogP contribution in [0.5, 0.6) is 0 Å². The van der Waals surface area contributed by atoms with Gasteiger partial charge in [-0.25, -0.2) is 0 Å². The van der Waals surface area contributed by atoms with Crippen LogP contribution in [-0.4, -0.2) is 23.6 Å². The van der Waals surface area contributed by atoms with Crippen molar-refractivity contribution in [3.8, 4) is 0 Å². The van der Waals surface area contributed by atoms with Crippen LogP contribution in [0, 0.1) is 0 Å². The Morgan fingerprint density at radius 1 is 1.33 bits per heavy atom. The van der Waals surface area contributed by atoms with Crippen molar-refractivity contribution in [1.82, 2.24) is 5.32 Å². The molecule has 1 N–H and O–H groups in total. The Morgan fingerprint density at radius 3 is 3.33 bits per heavy atom. The second kappa shape index (κ2) is 2.51. The summed E-state index contributed by atoms with van der Waals surface area (Å²) < 4.78 is 0. The summed E-state index contributed by atoms with van der Waals surface area (Å²) in [6, 6.07) is 0.898. The van der Waals surface area contributed by atoms with E-state index < -0.39 is 0 Å². The van der Waals surface area contributed by atoms with E-state index in [1.807, 2.05) is 0 Å². The van der Waals surface area contributed by atoms with E-state index >= 15 is 0 Å². The van der Waals surface area contributed by atoms with E-state index in [0.29, 0.717) is 0 Å². The molecule has 2 heteroatoms. The fourth-order valence-electron chi connectivity index (χ4n) is 1.32. The molecule has 9 heavy (non-hydrogen) atoms. The van der Waals surface area contributed by atoms with Gasteiger partial charge in [0.2, 0.25) is 0 Å². The van der Waals surface area contributed by atoms with Gasteiger partial charge < -0.3 is 5.32 Å². The van der Waals surface area contributed by atoms with Crippen molar-refractivity contribution in [3.63, 3.8) is 0 Å². The predicted octanol–water partition coefficient (Wildman–Crippen LogP) is 1.24. The quantitative estimate of drug-likeness (QED) is 0.547. The van der Waals surface area contributed by atoms with Gasteiger partial charge >= 0.3 is 0 Å². The SMILES string of the molecule is C1CCSC2CC2NC1. The highest BCUT2D eigenvalue weighted by Gasteiger charge is 2.37. The fourth-order valence-corrected chi connectivity index (χ4v) is 2.67. The second-order valence-electron chi connectivity index (χ2n) is 2.91. The smallest absolute Gasteiger partial charge is 0.0216 e. The summed E-state index contributed by atoms with van der Waals surface area (Å²) in [5, 5.41) is 4.53. The van der Waals surface area contributed by atoms with Crippen molar-refractivity contribution in [3.05, 3.63) is 0 Å². The zero-order chi connectivity index (χ0) is 6.10. The molecule has 2 aliphatic rings. The normalized spacial score (nSPS) is 42.7. The Hall–Kier alpha value is 0.310. The molecule has 0 aromatic rings. The molecular formula is C7H13NS. The van der Waals surface area contributed by atoms with Crippen LogP contribution in [0.15, 0.2) is 0 Å². The van der Waals surface area contributed by atoms with E-state index in [1.165, 1.54) is 31.6 Å². The molecular weight excluding hydrogens is 130 g/mol. The van der Waals surface area contributed by atoms with Gasteiger partial charge in [-0.2, -0.15) is 11.8 Å². The molecule has 0 aromatic heterocycles. The average molecular weight is 143 g/mol. The zero-order valence-corrected chi connectivity index (χ0v) is 6.41. The minimum Gasteiger partial charge on any atom is -0.313 e. The van der Waals surface area contributed by atoms with Crippen molar-refractivity contribution >= 4 is 11.8 Å². The van der Waals surface area contributed by atoms with E-state index in [2.05, 4.69) is 17.1 Å². The number of fused-ring (bicyclic) bond motifs is 1. The van der Waals surface area contributed by atoms with Crippen LogP contribution in [0.25, 0.3) is 0 Å². The maximum absolute atomic E-state index is 3.54. The third-order valence-corrected chi connectivity index (χ3v) is 3.51. The first kappa shape index (κ1) is 6.05. The van der Waals surface area contributed by atoms with E-state index in [4.69, 9.17) is 0 Å². The number of nitrogens with one attached hydrogen (secondary N) is 1. The molecule has 2 fully saturated rings. The molecule has 1 nitrogen and oxygen atoms in total. The van der Waals surface area contributed by atoms with Crippen LogP contribution in [0.2, 0.25) is 0 Å². The number of rotatable bonds is 0. The van der Waals surface area contributed by atoms with Crippen LogP contribution in [0.4, 0.5) is 0 Å². The standard InChI is InChI=1S/C7H13NS/c1-2-4-9-7-5-6(7)8-3-1/h6-8H,1-5H2. The van der Waals surface area contributed by atoms with Gasteiger partial charge in [0, 0.05) is 11.3 Å². The Morgan fingerprint density at radius 2 is 2.33 bits per heavy atom. The number of hydrogen-bond donors (Lipinski definition) is 1. The maximum Gasteiger partial charge on any atom is 0.0216 e. The summed E-state index contributed by atoms with van der Waals surface area (Å²) in [7, 11) is 0. The first-order valence-corrected chi connectivity index (χ1v) is 4.87. The van der Waals surface area contributed by atoms with Crippen LogP contribution in [0.1, 0.15) is 19.3 Å². The number of thioether (sulfide) groups is 1. The predicted molar refractivity (Wildman–Crippen MR) is 41.9 cm³/mol. The third kappa shape index (κ3) is 1.41. The molecule has 2 atom stereocenters. The fraction of sp³-hybridized carbons (Fsp3) is 1.00. The molecule has 1 saturated carbocycles. The lowest BCUT2D eigenvalue weighted by Gasteiger charge is -2.07. The highest BCUT2D eigenvalue weighted by atomic mass is 32.2. The molecule has 2 unspecified atom stereocenters. The van der Waals surface area contributed by atoms with E-state index in [0.717, 1.165) is 11.3 Å². The third-order valence-electron chi connectivity index (χ3n) is 2.04. The van der Waals surface area contributed by atoms with Crippen LogP contribution in [0.3, 0.4) is 0 Å². The molecule has 1 aliphatic carbocycles. The highest BCUT2D eigenvalue weighted by molar-refractivity contribution is 8.00. The van der Waals surface area contributed by atoms with Crippen molar-refractivity contribution < 1.29 is 0 Å². The summed E-state index contributed by atoms with van der Waals surface area (Å²) >= 11 is 2.16. The molecule has 0 spiro atoms. The topological polar surface area (TPSA) is 12.0 Å². The van der Waals surface area contributed by atoms with Gasteiger partial charge in [-0.1, -0.05) is 0 Å². The molecule has 1 heterocycles. The molecule has 0 amide bonds. The Balaban J connectivity index is 1.81. The lowest BCUT2D eigenvalue weighted by atomic mass is 10.3. The van der Waals surface area contributed by atoms with Gasteiger partial charge in [-0.05, 0) is 31.6 Å². The minimum absolute atomic E-state index is 0.898. The van der Waals surface area contributed by atoms with Crippen LogP contribution in [-0.2, 0) is 0 Å². The summed E-state index contributed by atoms with van der Waals surface area (Å²) in [6.07, 6.45) is 4.24. The van der Waals surface area contributed by atoms with E-state index in [1.54, 1.807) is 0 Å². The van der Waals surface area contributed by atoms with Crippen LogP contribution >= 0.6 is 11.8 Å². The summed E-state index contributed by atoms with van der Waals surface area (Å²) in [5.74, 6) is 1.41. The van der Waals surface area contributed by atoms with Crippen molar-refractivity contribution in [2.24, 2.45) is 0 Å². The van der Waals surface area contributed by atoms with Gasteiger partial charge in [0.05, 0.1) is 0 Å². The molecule has 52 valence electrons. The molecule has 1 aliphatic heterocycles. The Kier molecular flexibility index (Phi) is 1.68. The van der Waals surface area contributed by atoms with Crippen molar-refractivity contribution in [2.75, 3.05) is 12.3 Å². The minimum atomic E-state index is 0.898. The van der Waals surface area contributed by atoms with Gasteiger partial charge in [0.25, 0.3) is 0 Å². The van der Waals surface area contributed by atoms with Crippen molar-refractivity contribution in [1.29, 1.82) is 0 Å². The monoisotopic (exact) mass is 143 g/mol. The van der Waals surface area contributed by atoms with E-state index in [9.17, 15) is 0 Å². The molecule has 1 saturated heterocycles. The number of hydrogen-bond acceptors (Lipinski definition) is 2. The lowest BCUT2D eigenvalue weighted by molar-refractivity contribution is 0.635. The summed E-state index contributed by atoms with van der Waals surface area (Å²) in [5.41, 5.74) is 0. The zero-order valence-electron chi connectivity index (χ0n) is 5.60. The van der Waals surface area contributed by atoms with E-state index in [-0.39, 0.29) is 0 Å². The van der Waals surface area contributed by atoms with Gasteiger partial charge in [-0.15, -0.1) is 0 Å². The average Bonchev–Trinajstić information content (AvgIpc) is 2.46. The first-order chi connectivity index (χ1) is 4.47. The maximum atomic E-state index is 3.54. The highest BCUT2D eigenvalue weighted by Crippen LogP contribution is 2.36. The summed E-state index contributed by atoms with van der Waals surface area (Å²) in [4.78, 5) is 0. The summed E-state index contributed by atoms with van der Waals surface area (Å²) in [6.45, 7) is 1.27. The Bertz CT molecular complexity index is 93.1. The Labute approximate surface area is 60.6 Å². The van der Waals surface area contributed by atoms with Crippen LogP contribution < -0.4 is 5.32 Å². The second-order valence-corrected chi connectivity index (χ2v) is 4.26. The lowest BCUT2D eigenvalue weighted by Crippen LogP contribution is -2.21. The largest absolute Gasteiger partial charge is 0.313 e. The first-order valence-electron chi connectivity index (χ1n) is 3.82. The molecule has 0 aromatic carbocycles. The molecule has 0 bridgehead atoms.